The summed E-state index contributed by atoms with van der Waals surface area (Å²) in [5, 5.41) is 0. The van der Waals surface area contributed by atoms with Crippen molar-refractivity contribution in [3.8, 4) is 33.8 Å². The van der Waals surface area contributed by atoms with E-state index in [2.05, 4.69) is 22.1 Å². The predicted molar refractivity (Wildman–Crippen MR) is 132 cm³/mol. The van der Waals surface area contributed by atoms with Crippen molar-refractivity contribution in [1.29, 1.82) is 0 Å². The summed E-state index contributed by atoms with van der Waals surface area (Å²) >= 11 is 0. The molecule has 6 aromatic rings. The van der Waals surface area contributed by atoms with Gasteiger partial charge in [-0.2, -0.15) is 0 Å². The second-order valence-corrected chi connectivity index (χ2v) is 7.32. The van der Waals surface area contributed by atoms with Crippen molar-refractivity contribution >= 4 is 11.1 Å². The third-order valence-corrected chi connectivity index (χ3v) is 5.07. The van der Waals surface area contributed by atoms with E-state index in [0.29, 0.717) is 0 Å². The molecule has 0 spiro atoms. The molecule has 3 nitrogen and oxygen atoms in total. The molecule has 0 aliphatic carbocycles. The molecule has 0 unspecified atom stereocenters. The summed E-state index contributed by atoms with van der Waals surface area (Å²) in [5.41, 5.74) is 6.63. The van der Waals surface area contributed by atoms with Gasteiger partial charge in [0.2, 0.25) is 0 Å². The van der Waals surface area contributed by atoms with Crippen molar-refractivity contribution in [3.63, 3.8) is 0 Å². The molecule has 4 heteroatoms. The quantitative estimate of drug-likeness (QED) is 0.193. The van der Waals surface area contributed by atoms with Gasteiger partial charge in [0.1, 0.15) is 5.76 Å². The monoisotopic (exact) mass is 617 g/mol. The molecule has 0 aliphatic heterocycles. The number of pyridine rings is 2. The van der Waals surface area contributed by atoms with Crippen LogP contribution in [0.4, 0.5) is 0 Å². The van der Waals surface area contributed by atoms with E-state index < -0.39 is 0 Å². The van der Waals surface area contributed by atoms with Gasteiger partial charge in [0, 0.05) is 37.9 Å². The van der Waals surface area contributed by atoms with Crippen LogP contribution >= 0.6 is 0 Å². The smallest absolute Gasteiger partial charge is 0.151 e. The molecule has 34 heavy (non-hydrogen) atoms. The van der Waals surface area contributed by atoms with Crippen LogP contribution in [0.15, 0.2) is 126 Å². The van der Waals surface area contributed by atoms with Gasteiger partial charge in [-0.15, -0.1) is 71.8 Å². The Morgan fingerprint density at radius 3 is 1.94 bits per heavy atom. The summed E-state index contributed by atoms with van der Waals surface area (Å²) in [7, 11) is 0. The molecule has 167 valence electrons. The second kappa shape index (κ2) is 11.3. The van der Waals surface area contributed by atoms with Crippen LogP contribution < -0.4 is 0 Å². The van der Waals surface area contributed by atoms with Gasteiger partial charge >= 0.3 is 0 Å². The van der Waals surface area contributed by atoms with Crippen LogP contribution in [-0.4, -0.2) is 9.97 Å². The van der Waals surface area contributed by atoms with E-state index in [1.807, 2.05) is 115 Å². The van der Waals surface area contributed by atoms with E-state index in [4.69, 9.17) is 4.42 Å². The third kappa shape index (κ3) is 5.55. The molecular weight excluding hydrogens is 597 g/mol. The molecule has 3 aromatic carbocycles. The maximum Gasteiger partial charge on any atom is 0.151 e. The number of aromatic nitrogens is 2. The molecular formula is C30H20IrN2O-2. The molecule has 0 atom stereocenters. The normalized spacial score (nSPS) is 10.1. The van der Waals surface area contributed by atoms with Crippen molar-refractivity contribution in [2.75, 3.05) is 0 Å². The van der Waals surface area contributed by atoms with Gasteiger partial charge in [-0.05, 0) is 23.5 Å². The SMILES string of the molecule is [Ir].[c-]1ccccc1-c1ccc2oc(-c3ccccc3)cc2n1.[c-]1ccccc1-c1ccccn1. The fraction of sp³-hybridized carbons (Fsp3) is 0. The van der Waals surface area contributed by atoms with E-state index in [0.717, 1.165) is 44.9 Å². The Labute approximate surface area is 212 Å². The first-order chi connectivity index (χ1) is 16.4. The van der Waals surface area contributed by atoms with Crippen LogP contribution in [0.3, 0.4) is 0 Å². The minimum absolute atomic E-state index is 0. The number of furan rings is 1. The molecule has 6 rings (SSSR count). The number of fused-ring (bicyclic) bond motifs is 1. The van der Waals surface area contributed by atoms with Crippen molar-refractivity contribution < 1.29 is 24.5 Å². The first-order valence-corrected chi connectivity index (χ1v) is 10.7. The fourth-order valence-electron chi connectivity index (χ4n) is 3.45. The van der Waals surface area contributed by atoms with Crippen LogP contribution in [0.25, 0.3) is 44.9 Å². The van der Waals surface area contributed by atoms with Crippen molar-refractivity contribution in [3.05, 3.63) is 134 Å². The van der Waals surface area contributed by atoms with Gasteiger partial charge in [-0.3, -0.25) is 4.98 Å². The van der Waals surface area contributed by atoms with Gasteiger partial charge in [0.15, 0.2) is 5.58 Å². The molecule has 3 aromatic heterocycles. The Kier molecular flexibility index (Phi) is 7.77. The summed E-state index contributed by atoms with van der Waals surface area (Å²) in [4.78, 5) is 8.88. The molecule has 0 fully saturated rings. The van der Waals surface area contributed by atoms with Crippen molar-refractivity contribution in [2.24, 2.45) is 0 Å². The molecule has 0 N–H and O–H groups in total. The van der Waals surface area contributed by atoms with Crippen molar-refractivity contribution in [2.45, 2.75) is 0 Å². The van der Waals surface area contributed by atoms with E-state index in [1.54, 1.807) is 6.20 Å². The number of nitrogens with zero attached hydrogens (tertiary/aromatic N) is 2. The molecule has 0 aliphatic rings. The average Bonchev–Trinajstić information content (AvgIpc) is 3.35. The van der Waals surface area contributed by atoms with Gasteiger partial charge in [-0.1, -0.05) is 48.5 Å². The number of rotatable bonds is 3. The third-order valence-electron chi connectivity index (χ3n) is 5.07. The first-order valence-electron chi connectivity index (χ1n) is 10.7. The van der Waals surface area contributed by atoms with E-state index >= 15 is 0 Å². The van der Waals surface area contributed by atoms with Crippen LogP contribution in [-0.2, 0) is 20.1 Å². The van der Waals surface area contributed by atoms with Crippen molar-refractivity contribution in [1.82, 2.24) is 9.97 Å². The van der Waals surface area contributed by atoms with E-state index in [1.165, 1.54) is 0 Å². The van der Waals surface area contributed by atoms with Crippen LogP contribution in [0.5, 0.6) is 0 Å². The molecule has 0 amide bonds. The van der Waals surface area contributed by atoms with E-state index in [9.17, 15) is 0 Å². The summed E-state index contributed by atoms with van der Waals surface area (Å²) < 4.78 is 5.87. The minimum atomic E-state index is 0. The minimum Gasteiger partial charge on any atom is -0.454 e. The largest absolute Gasteiger partial charge is 0.454 e. The Bertz CT molecular complexity index is 1360. The zero-order chi connectivity index (χ0) is 22.3. The van der Waals surface area contributed by atoms with Crippen LogP contribution in [0.1, 0.15) is 0 Å². The predicted octanol–water partition coefficient (Wildman–Crippen LogP) is 7.51. The zero-order valence-electron chi connectivity index (χ0n) is 18.2. The van der Waals surface area contributed by atoms with E-state index in [-0.39, 0.29) is 20.1 Å². The number of hydrogen-bond donors (Lipinski definition) is 0. The van der Waals surface area contributed by atoms with Crippen LogP contribution in [0, 0.1) is 12.1 Å². The standard InChI is InChI=1S/C19H12NO.C11H8N.Ir/c1-3-7-14(8-4-1)16-11-12-18-17(20-16)13-19(21-18)15-9-5-2-6-10-15;1-2-6-10(7-3-1)11-8-4-5-9-12-11;/h1-7,9-13H;1-6,8-9H;/q2*-1;. The zero-order valence-corrected chi connectivity index (χ0v) is 20.6. The maximum absolute atomic E-state index is 5.87. The average molecular weight is 617 g/mol. The van der Waals surface area contributed by atoms with Crippen LogP contribution in [0.2, 0.25) is 0 Å². The fourth-order valence-corrected chi connectivity index (χ4v) is 3.45. The van der Waals surface area contributed by atoms with Gasteiger partial charge in [-0.25, -0.2) is 0 Å². The number of hydrogen-bond acceptors (Lipinski definition) is 3. The van der Waals surface area contributed by atoms with Gasteiger partial charge in [0.05, 0.1) is 5.52 Å². The molecule has 0 bridgehead atoms. The van der Waals surface area contributed by atoms with Gasteiger partial charge in [0.25, 0.3) is 0 Å². The second-order valence-electron chi connectivity index (χ2n) is 7.32. The Morgan fingerprint density at radius 1 is 0.618 bits per heavy atom. The Morgan fingerprint density at radius 2 is 1.29 bits per heavy atom. The summed E-state index contributed by atoms with van der Waals surface area (Å²) in [6.45, 7) is 0. The Balaban J connectivity index is 0.000000180. The van der Waals surface area contributed by atoms with Gasteiger partial charge < -0.3 is 9.40 Å². The first kappa shape index (κ1) is 23.3. The molecule has 0 saturated carbocycles. The molecule has 0 saturated heterocycles. The summed E-state index contributed by atoms with van der Waals surface area (Å²) in [6, 6.07) is 43.8. The topological polar surface area (TPSA) is 38.9 Å². The molecule has 1 radical (unpaired) electrons. The summed E-state index contributed by atoms with van der Waals surface area (Å²) in [5.74, 6) is 0.840. The maximum atomic E-state index is 5.87. The number of benzene rings is 3. The Hall–Kier alpha value is -3.85. The molecule has 3 heterocycles. The summed E-state index contributed by atoms with van der Waals surface area (Å²) in [6.07, 6.45) is 1.79.